The average molecular weight is 401 g/mol. The van der Waals surface area contributed by atoms with E-state index < -0.39 is 34.6 Å². The number of carbonyl (C=O) groups is 1. The van der Waals surface area contributed by atoms with Crippen molar-refractivity contribution in [3.8, 4) is 11.8 Å². The third-order valence-electron chi connectivity index (χ3n) is 3.45. The van der Waals surface area contributed by atoms with E-state index in [1.54, 1.807) is 6.07 Å². The highest BCUT2D eigenvalue weighted by molar-refractivity contribution is 8.00. The van der Waals surface area contributed by atoms with Crippen LogP contribution in [-0.2, 0) is 18.0 Å². The molecule has 27 heavy (non-hydrogen) atoms. The van der Waals surface area contributed by atoms with Crippen LogP contribution in [0.5, 0.6) is 0 Å². The molecule has 0 radical (unpaired) electrons. The zero-order chi connectivity index (χ0) is 20.5. The molecular weight excluding hydrogens is 390 g/mol. The highest BCUT2D eigenvalue weighted by Crippen LogP contribution is 2.28. The number of rotatable bonds is 4. The average Bonchev–Trinajstić information content (AvgIpc) is 2.56. The van der Waals surface area contributed by atoms with Gasteiger partial charge in [0.05, 0.1) is 17.0 Å². The second kappa shape index (κ2) is 7.40. The molecule has 0 aliphatic heterocycles. The second-order valence-electron chi connectivity index (χ2n) is 5.44. The maximum Gasteiger partial charge on any atom is 0.431 e. The first kappa shape index (κ1) is 20.4. The second-order valence-corrected chi connectivity index (χ2v) is 6.46. The summed E-state index contributed by atoms with van der Waals surface area (Å²) in [5.74, 6) is -1.44. The Morgan fingerprint density at radius 1 is 1.26 bits per heavy atom. The van der Waals surface area contributed by atoms with Crippen LogP contribution in [0, 0.1) is 17.1 Å². The summed E-state index contributed by atoms with van der Waals surface area (Å²) >= 11 is 0.878. The van der Waals surface area contributed by atoms with Crippen molar-refractivity contribution in [2.24, 2.45) is 7.05 Å². The van der Waals surface area contributed by atoms with E-state index in [0.717, 1.165) is 30.9 Å². The molecule has 0 bridgehead atoms. The van der Waals surface area contributed by atoms with Gasteiger partial charge >= 0.3 is 11.9 Å². The lowest BCUT2D eigenvalue weighted by molar-refractivity contribution is -0.144. The minimum absolute atomic E-state index is 0.0559. The number of hydrogen-bond donors (Lipinski definition) is 0. The summed E-state index contributed by atoms with van der Waals surface area (Å²) in [6.45, 7) is 1.29. The Morgan fingerprint density at radius 3 is 2.41 bits per heavy atom. The normalized spacial score (nSPS) is 11.3. The molecule has 1 aromatic heterocycles. The fourth-order valence-electron chi connectivity index (χ4n) is 2.22. The van der Waals surface area contributed by atoms with Crippen LogP contribution < -0.4 is 11.2 Å². The summed E-state index contributed by atoms with van der Waals surface area (Å²) in [5, 5.41) is 9.07. The number of halogens is 4. The first-order valence-electron chi connectivity index (χ1n) is 7.24. The Labute approximate surface area is 153 Å². The molecule has 11 heteroatoms. The van der Waals surface area contributed by atoms with Gasteiger partial charge in [-0.3, -0.25) is 14.2 Å². The molecule has 0 saturated heterocycles. The standard InChI is InChI=1S/C16H11F4N3O3S/c1-8(24)7-27-12-4-11(10(17)3-9(12)6-21)23-14(25)5-13(16(18,19)20)22(2)15(23)26/h3-5H,7H2,1-2H3. The van der Waals surface area contributed by atoms with E-state index >= 15 is 0 Å². The Balaban J connectivity index is 2.76. The van der Waals surface area contributed by atoms with E-state index in [0.29, 0.717) is 0 Å². The van der Waals surface area contributed by atoms with Gasteiger partial charge in [-0.05, 0) is 19.1 Å². The van der Waals surface area contributed by atoms with Crippen molar-refractivity contribution in [3.63, 3.8) is 0 Å². The molecule has 0 N–H and O–H groups in total. The van der Waals surface area contributed by atoms with Gasteiger partial charge in [0.15, 0.2) is 0 Å². The number of alkyl halides is 3. The van der Waals surface area contributed by atoms with Gasteiger partial charge in [-0.1, -0.05) is 0 Å². The fraction of sp³-hybridized carbons (Fsp3) is 0.250. The molecule has 0 spiro atoms. The highest BCUT2D eigenvalue weighted by Gasteiger charge is 2.35. The summed E-state index contributed by atoms with van der Waals surface area (Å²) in [5.41, 5.74) is -5.01. The Bertz CT molecular complexity index is 1080. The molecule has 0 aliphatic rings. The molecule has 142 valence electrons. The molecule has 2 aromatic rings. The van der Waals surface area contributed by atoms with Gasteiger partial charge in [0.1, 0.15) is 23.4 Å². The van der Waals surface area contributed by atoms with Crippen molar-refractivity contribution in [3.05, 3.63) is 56.1 Å². The number of carbonyl (C=O) groups excluding carboxylic acids is 1. The largest absolute Gasteiger partial charge is 0.431 e. The minimum Gasteiger partial charge on any atom is -0.299 e. The van der Waals surface area contributed by atoms with Crippen molar-refractivity contribution >= 4 is 17.5 Å². The number of ketones is 1. The molecule has 6 nitrogen and oxygen atoms in total. The molecule has 1 aromatic carbocycles. The molecule has 0 fully saturated rings. The van der Waals surface area contributed by atoms with E-state index in [4.69, 9.17) is 5.26 Å². The van der Waals surface area contributed by atoms with Crippen LogP contribution in [0.1, 0.15) is 18.2 Å². The van der Waals surface area contributed by atoms with E-state index in [-0.39, 0.29) is 37.2 Å². The van der Waals surface area contributed by atoms with Crippen LogP contribution in [0.3, 0.4) is 0 Å². The number of nitriles is 1. The number of nitrogens with zero attached hydrogens (tertiary/aromatic N) is 3. The topological polar surface area (TPSA) is 84.9 Å². The molecular formula is C16H11F4N3O3S. The van der Waals surface area contributed by atoms with Gasteiger partial charge in [0.2, 0.25) is 0 Å². The Kier molecular flexibility index (Phi) is 5.60. The first-order chi connectivity index (χ1) is 12.5. The van der Waals surface area contributed by atoms with Crippen LogP contribution in [0.2, 0.25) is 0 Å². The molecule has 0 saturated carbocycles. The Hall–Kier alpha value is -2.87. The van der Waals surface area contributed by atoms with Crippen molar-refractivity contribution in [2.75, 3.05) is 5.75 Å². The first-order valence-corrected chi connectivity index (χ1v) is 8.22. The van der Waals surface area contributed by atoms with Gasteiger partial charge in [-0.2, -0.15) is 18.4 Å². The molecule has 0 atom stereocenters. The van der Waals surface area contributed by atoms with E-state index in [1.165, 1.54) is 6.92 Å². The summed E-state index contributed by atoms with van der Waals surface area (Å²) in [4.78, 5) is 35.6. The predicted octanol–water partition coefficient (Wildman–Crippen LogP) is 2.25. The zero-order valence-electron chi connectivity index (χ0n) is 13.9. The van der Waals surface area contributed by atoms with E-state index in [9.17, 15) is 31.9 Å². The minimum atomic E-state index is -4.95. The molecule has 1 heterocycles. The van der Waals surface area contributed by atoms with Crippen LogP contribution >= 0.6 is 11.8 Å². The van der Waals surface area contributed by atoms with Gasteiger partial charge < -0.3 is 0 Å². The summed E-state index contributed by atoms with van der Waals surface area (Å²) in [7, 11) is 0.800. The van der Waals surface area contributed by atoms with E-state index in [2.05, 4.69) is 0 Å². The van der Waals surface area contributed by atoms with E-state index in [1.807, 2.05) is 0 Å². The lowest BCUT2D eigenvalue weighted by Crippen LogP contribution is -2.41. The highest BCUT2D eigenvalue weighted by atomic mass is 32.2. The van der Waals surface area contributed by atoms with Crippen molar-refractivity contribution in [2.45, 2.75) is 18.0 Å². The van der Waals surface area contributed by atoms with Crippen LogP contribution in [-0.4, -0.2) is 20.7 Å². The third-order valence-corrected chi connectivity index (χ3v) is 4.65. The third kappa shape index (κ3) is 4.11. The lowest BCUT2D eigenvalue weighted by atomic mass is 10.2. The van der Waals surface area contributed by atoms with Crippen LogP contribution in [0.4, 0.5) is 17.6 Å². The smallest absolute Gasteiger partial charge is 0.299 e. The van der Waals surface area contributed by atoms with Gasteiger partial charge in [-0.15, -0.1) is 11.8 Å². The molecule has 0 amide bonds. The molecule has 0 aliphatic carbocycles. The van der Waals surface area contributed by atoms with Crippen LogP contribution in [0.25, 0.3) is 5.69 Å². The monoisotopic (exact) mass is 401 g/mol. The van der Waals surface area contributed by atoms with Crippen LogP contribution in [0.15, 0.2) is 32.7 Å². The lowest BCUT2D eigenvalue weighted by Gasteiger charge is -2.15. The molecule has 0 unspecified atom stereocenters. The number of hydrogen-bond acceptors (Lipinski definition) is 5. The maximum absolute atomic E-state index is 14.4. The van der Waals surface area contributed by atoms with Gasteiger partial charge in [0, 0.05) is 18.0 Å². The predicted molar refractivity (Wildman–Crippen MR) is 88.4 cm³/mol. The number of aromatic nitrogens is 2. The zero-order valence-corrected chi connectivity index (χ0v) is 14.7. The maximum atomic E-state index is 14.4. The van der Waals surface area contributed by atoms with Crippen molar-refractivity contribution in [1.82, 2.24) is 9.13 Å². The SMILES string of the molecule is CC(=O)CSc1cc(-n2c(=O)cc(C(F)(F)F)n(C)c2=O)c(F)cc1C#N. The number of benzene rings is 1. The fourth-order valence-corrected chi connectivity index (χ4v) is 3.03. The van der Waals surface area contributed by atoms with Gasteiger partial charge in [-0.25, -0.2) is 13.8 Å². The Morgan fingerprint density at radius 2 is 1.89 bits per heavy atom. The van der Waals surface area contributed by atoms with Crippen molar-refractivity contribution in [1.29, 1.82) is 5.26 Å². The summed E-state index contributed by atoms with van der Waals surface area (Å²) < 4.78 is 53.5. The number of Topliss-reactive ketones (excluding diaryl/α,β-unsaturated/α-hetero) is 1. The quantitative estimate of drug-likeness (QED) is 0.580. The summed E-state index contributed by atoms with van der Waals surface area (Å²) in [6, 6.07) is 3.63. The number of thioether (sulfide) groups is 1. The van der Waals surface area contributed by atoms with Gasteiger partial charge in [0.25, 0.3) is 5.56 Å². The van der Waals surface area contributed by atoms with Crippen molar-refractivity contribution < 1.29 is 22.4 Å². The summed E-state index contributed by atoms with van der Waals surface area (Å²) in [6.07, 6.45) is -4.95. The molecule has 2 rings (SSSR count).